The van der Waals surface area contributed by atoms with Gasteiger partial charge in [-0.05, 0) is 19.8 Å². The third kappa shape index (κ3) is 11.4. The van der Waals surface area contributed by atoms with Gasteiger partial charge in [-0.25, -0.2) is 0 Å². The smallest absolute Gasteiger partial charge is 0.230 e. The summed E-state index contributed by atoms with van der Waals surface area (Å²) in [6, 6.07) is 0.316. The number of rotatable bonds is 1. The van der Waals surface area contributed by atoms with E-state index in [2.05, 4.69) is 20.8 Å². The fourth-order valence-corrected chi connectivity index (χ4v) is 0.916. The molecule has 3 radical (unpaired) electrons. The van der Waals surface area contributed by atoms with Crippen LogP contribution < -0.4 is 0 Å². The van der Waals surface area contributed by atoms with Gasteiger partial charge in [-0.2, -0.15) is 0 Å². The Kier molecular flexibility index (Phi) is 15.9. The van der Waals surface area contributed by atoms with E-state index in [0.29, 0.717) is 12.5 Å². The molecule has 0 aromatic carbocycles. The zero-order valence-corrected chi connectivity index (χ0v) is 11.9. The van der Waals surface area contributed by atoms with E-state index in [-0.39, 0.29) is 14.3 Å². The molecule has 0 saturated carbocycles. The first-order valence-electron chi connectivity index (χ1n) is 5.93. The minimum atomic E-state index is 0. The molecule has 0 atom stereocenters. The molecule has 3 heteroatoms. The van der Waals surface area contributed by atoms with Crippen LogP contribution in [0.15, 0.2) is 12.3 Å². The molecule has 0 aliphatic carbocycles. The van der Waals surface area contributed by atoms with Crippen LogP contribution in [-0.4, -0.2) is 25.3 Å². The van der Waals surface area contributed by atoms with Crippen LogP contribution in [0.3, 0.4) is 0 Å². The molecule has 16 heavy (non-hydrogen) atoms. The zero-order chi connectivity index (χ0) is 12.4. The quantitative estimate of drug-likeness (QED) is 0.624. The summed E-state index contributed by atoms with van der Waals surface area (Å²) in [4.78, 5) is 12.6. The van der Waals surface area contributed by atoms with Crippen molar-refractivity contribution in [1.82, 2.24) is 4.90 Å². The summed E-state index contributed by atoms with van der Waals surface area (Å²) in [5.74, 6) is 1.05. The lowest BCUT2D eigenvalue weighted by Crippen LogP contribution is -2.27. The van der Waals surface area contributed by atoms with Crippen molar-refractivity contribution in [2.24, 2.45) is 5.92 Å². The van der Waals surface area contributed by atoms with E-state index in [4.69, 9.17) is 0 Å². The molecule has 1 amide bonds. The highest BCUT2D eigenvalue weighted by Gasteiger charge is 2.16. The molecule has 2 nitrogen and oxygen atoms in total. The van der Waals surface area contributed by atoms with E-state index in [1.807, 2.05) is 40.0 Å². The van der Waals surface area contributed by atoms with Gasteiger partial charge in [0.1, 0.15) is 0 Å². The van der Waals surface area contributed by atoms with Crippen molar-refractivity contribution >= 4 is 14.3 Å². The Bertz CT molecular complexity index is 186. The van der Waals surface area contributed by atoms with Crippen molar-refractivity contribution in [1.29, 1.82) is 0 Å². The van der Waals surface area contributed by atoms with Crippen LogP contribution >= 0.6 is 0 Å². The Hall–Kier alpha value is -0.725. The summed E-state index contributed by atoms with van der Waals surface area (Å²) < 4.78 is 0. The summed E-state index contributed by atoms with van der Waals surface area (Å²) in [6.07, 6.45) is 4.33. The van der Waals surface area contributed by atoms with Gasteiger partial charge in [-0.3, -0.25) is 4.79 Å². The van der Waals surface area contributed by atoms with E-state index < -0.39 is 0 Å². The molecule has 1 heterocycles. The number of carbonyl (C=O) groups excluding carboxylic acids is 1. The van der Waals surface area contributed by atoms with Crippen LogP contribution in [0.1, 0.15) is 54.9 Å². The maximum absolute atomic E-state index is 10.9. The molecule has 0 unspecified atom stereocenters. The molecule has 1 aliphatic heterocycles. The largest absolute Gasteiger partial charge is 0.317 e. The maximum Gasteiger partial charge on any atom is 0.230 e. The first kappa shape index (κ1) is 20.7. The molecule has 0 N–H and O–H groups in total. The van der Waals surface area contributed by atoms with Gasteiger partial charge < -0.3 is 4.90 Å². The zero-order valence-electron chi connectivity index (χ0n) is 11.9. The van der Waals surface area contributed by atoms with E-state index in [1.54, 1.807) is 4.90 Å². The van der Waals surface area contributed by atoms with Gasteiger partial charge in [0.05, 0.1) is 0 Å². The van der Waals surface area contributed by atoms with Crippen molar-refractivity contribution in [2.45, 2.75) is 60.9 Å². The normalized spacial score (nSPS) is 12.8. The molecule has 93 valence electrons. The van der Waals surface area contributed by atoms with E-state index in [1.165, 1.54) is 0 Å². The average molecular weight is 224 g/mol. The second-order valence-corrected chi connectivity index (χ2v) is 4.22. The van der Waals surface area contributed by atoms with Crippen molar-refractivity contribution in [3.63, 3.8) is 0 Å². The summed E-state index contributed by atoms with van der Waals surface area (Å²) in [5, 5.41) is 0. The number of hydrogen-bond donors (Lipinski definition) is 0. The van der Waals surface area contributed by atoms with Crippen molar-refractivity contribution < 1.29 is 4.79 Å². The fraction of sp³-hybridized carbons (Fsp3) is 0.769. The second-order valence-electron chi connectivity index (χ2n) is 4.22. The molecule has 0 spiro atoms. The molecule has 0 saturated heterocycles. The molecule has 0 aromatic rings. The van der Waals surface area contributed by atoms with Gasteiger partial charge in [0.15, 0.2) is 0 Å². The van der Waals surface area contributed by atoms with E-state index in [0.717, 1.165) is 5.92 Å². The Morgan fingerprint density at radius 2 is 1.50 bits per heavy atom. The van der Waals surface area contributed by atoms with Gasteiger partial charge in [0.25, 0.3) is 0 Å². The molecular formula is C13H27BNO. The van der Waals surface area contributed by atoms with E-state index >= 15 is 0 Å². The highest BCUT2D eigenvalue weighted by atomic mass is 16.2. The lowest BCUT2D eigenvalue weighted by Gasteiger charge is -2.17. The van der Waals surface area contributed by atoms with Crippen LogP contribution in [0, 0.1) is 5.92 Å². The third-order valence-corrected chi connectivity index (χ3v) is 1.40. The van der Waals surface area contributed by atoms with Crippen LogP contribution in [-0.2, 0) is 4.79 Å². The first-order chi connectivity index (χ1) is 6.95. The van der Waals surface area contributed by atoms with Crippen molar-refractivity contribution in [2.75, 3.05) is 0 Å². The number of nitrogens with zero attached hydrogens (tertiary/aromatic N) is 1. The predicted molar refractivity (Wildman–Crippen MR) is 73.4 cm³/mol. The van der Waals surface area contributed by atoms with Crippen LogP contribution in [0.5, 0.6) is 0 Å². The van der Waals surface area contributed by atoms with Crippen molar-refractivity contribution in [3.05, 3.63) is 12.3 Å². The molecule has 1 rings (SSSR count). The summed E-state index contributed by atoms with van der Waals surface area (Å²) in [7, 11) is 0. The first-order valence-corrected chi connectivity index (χ1v) is 5.93. The summed E-state index contributed by atoms with van der Waals surface area (Å²) >= 11 is 0. The Balaban J connectivity index is -0.000000209. The lowest BCUT2D eigenvalue weighted by atomic mass is 10.3. The molecule has 0 bridgehead atoms. The van der Waals surface area contributed by atoms with Gasteiger partial charge in [-0.15, -0.1) is 0 Å². The number of amides is 1. The topological polar surface area (TPSA) is 20.3 Å². The van der Waals surface area contributed by atoms with Gasteiger partial charge in [0, 0.05) is 27.1 Å². The molecular weight excluding hydrogens is 197 g/mol. The number of hydrogen-bond acceptors (Lipinski definition) is 1. The highest BCUT2D eigenvalue weighted by molar-refractivity contribution is 5.81. The van der Waals surface area contributed by atoms with Gasteiger partial charge in [0.2, 0.25) is 5.91 Å². The van der Waals surface area contributed by atoms with Gasteiger partial charge in [-0.1, -0.05) is 40.7 Å². The predicted octanol–water partition coefficient (Wildman–Crippen LogP) is 3.45. The number of carbonyl (C=O) groups is 1. The average Bonchev–Trinajstić information content (AvgIpc) is 2.54. The molecule has 1 aliphatic rings. The maximum atomic E-state index is 10.9. The summed E-state index contributed by atoms with van der Waals surface area (Å²) in [6.45, 7) is 14.5. The standard InChI is InChI=1S/C7H11NO.C4H10.C2H6.B/c1-6(2)8-5-3-4-7(8)9;1-4(2)3;1-2;/h3,5-6H,4H2,1-2H3;4H,1-3H3;1-2H3;. The second kappa shape index (κ2) is 12.3. The Labute approximate surface area is 104 Å². The third-order valence-electron chi connectivity index (χ3n) is 1.40. The monoisotopic (exact) mass is 224 g/mol. The van der Waals surface area contributed by atoms with Gasteiger partial charge >= 0.3 is 0 Å². The minimum Gasteiger partial charge on any atom is -0.317 e. The fourth-order valence-electron chi connectivity index (χ4n) is 0.916. The van der Waals surface area contributed by atoms with Crippen molar-refractivity contribution in [3.8, 4) is 0 Å². The van der Waals surface area contributed by atoms with E-state index in [9.17, 15) is 4.79 Å². The minimum absolute atomic E-state index is 0. The van der Waals surface area contributed by atoms with Crippen LogP contribution in [0.25, 0.3) is 0 Å². The Morgan fingerprint density at radius 1 is 1.12 bits per heavy atom. The highest BCUT2D eigenvalue weighted by Crippen LogP contribution is 2.09. The van der Waals surface area contributed by atoms with Crippen LogP contribution in [0.2, 0.25) is 0 Å². The summed E-state index contributed by atoms with van der Waals surface area (Å²) in [5.41, 5.74) is 0. The Morgan fingerprint density at radius 3 is 1.62 bits per heavy atom. The lowest BCUT2D eigenvalue weighted by molar-refractivity contribution is -0.127. The molecule has 0 fully saturated rings. The SMILES string of the molecule is CC.CC(C)C.CC(C)N1C=CCC1=O.[B]. The molecule has 0 aromatic heterocycles. The van der Waals surface area contributed by atoms with Crippen LogP contribution in [0.4, 0.5) is 0 Å².